The Kier molecular flexibility index (Phi) is 3.60. The highest BCUT2D eigenvalue weighted by Gasteiger charge is 2.06. The summed E-state index contributed by atoms with van der Waals surface area (Å²) in [6.45, 7) is 2.07. The zero-order valence-electron chi connectivity index (χ0n) is 11.8. The first-order valence-electron chi connectivity index (χ1n) is 6.88. The van der Waals surface area contributed by atoms with Crippen LogP contribution >= 0.6 is 0 Å². The molecule has 21 heavy (non-hydrogen) atoms. The van der Waals surface area contributed by atoms with E-state index in [1.54, 1.807) is 18.3 Å². The van der Waals surface area contributed by atoms with E-state index >= 15 is 0 Å². The van der Waals surface area contributed by atoms with Gasteiger partial charge in [-0.3, -0.25) is 0 Å². The Balaban J connectivity index is 1.73. The quantitative estimate of drug-likeness (QED) is 0.764. The van der Waals surface area contributed by atoms with E-state index in [1.807, 2.05) is 53.3 Å². The third-order valence-electron chi connectivity index (χ3n) is 3.39. The van der Waals surface area contributed by atoms with Crippen molar-refractivity contribution in [3.05, 3.63) is 72.6 Å². The number of hydrogen-bond acceptors (Lipinski definition) is 3. The summed E-state index contributed by atoms with van der Waals surface area (Å²) in [6, 6.07) is 17.4. The molecule has 0 fully saturated rings. The van der Waals surface area contributed by atoms with Crippen LogP contribution in [0.5, 0.6) is 5.75 Å². The van der Waals surface area contributed by atoms with Crippen LogP contribution in [0.4, 0.5) is 5.69 Å². The van der Waals surface area contributed by atoms with E-state index < -0.39 is 0 Å². The van der Waals surface area contributed by atoms with Crippen LogP contribution in [0.25, 0.3) is 5.69 Å². The fourth-order valence-electron chi connectivity index (χ4n) is 2.26. The molecular formula is C17H17N3O. The van der Waals surface area contributed by atoms with Gasteiger partial charge in [-0.15, -0.1) is 0 Å². The minimum absolute atomic E-state index is 0.118. The number of phenols is 1. The maximum Gasteiger partial charge on any atom is 0.115 e. The van der Waals surface area contributed by atoms with Gasteiger partial charge in [-0.05, 0) is 55.0 Å². The molecule has 1 heterocycles. The lowest BCUT2D eigenvalue weighted by Gasteiger charge is -2.16. The second-order valence-corrected chi connectivity index (χ2v) is 4.96. The summed E-state index contributed by atoms with van der Waals surface area (Å²) in [5.74, 6) is 0.287. The van der Waals surface area contributed by atoms with E-state index in [0.717, 1.165) is 16.9 Å². The summed E-state index contributed by atoms with van der Waals surface area (Å²) >= 11 is 0. The highest BCUT2D eigenvalue weighted by atomic mass is 16.3. The number of nitrogens with zero attached hydrogens (tertiary/aromatic N) is 2. The minimum Gasteiger partial charge on any atom is -0.508 e. The smallest absolute Gasteiger partial charge is 0.115 e. The Labute approximate surface area is 123 Å². The lowest BCUT2D eigenvalue weighted by atomic mass is 10.1. The molecule has 4 nitrogen and oxygen atoms in total. The summed E-state index contributed by atoms with van der Waals surface area (Å²) in [5, 5.41) is 17.2. The van der Waals surface area contributed by atoms with Crippen molar-refractivity contribution >= 4 is 5.69 Å². The lowest BCUT2D eigenvalue weighted by Crippen LogP contribution is -2.06. The van der Waals surface area contributed by atoms with Gasteiger partial charge < -0.3 is 10.4 Å². The highest BCUT2D eigenvalue weighted by molar-refractivity contribution is 5.50. The van der Waals surface area contributed by atoms with Crippen molar-refractivity contribution in [2.75, 3.05) is 5.32 Å². The molecule has 0 aliphatic heterocycles. The molecule has 4 heteroatoms. The molecule has 0 bridgehead atoms. The van der Waals surface area contributed by atoms with Gasteiger partial charge in [0.1, 0.15) is 5.75 Å². The van der Waals surface area contributed by atoms with Crippen molar-refractivity contribution in [2.24, 2.45) is 0 Å². The zero-order chi connectivity index (χ0) is 14.7. The van der Waals surface area contributed by atoms with Crippen LogP contribution in [-0.2, 0) is 0 Å². The second-order valence-electron chi connectivity index (χ2n) is 4.96. The molecule has 2 N–H and O–H groups in total. The number of benzene rings is 2. The van der Waals surface area contributed by atoms with Crippen molar-refractivity contribution in [3.8, 4) is 11.4 Å². The molecule has 0 amide bonds. The molecule has 0 aliphatic rings. The number of rotatable bonds is 4. The van der Waals surface area contributed by atoms with Crippen LogP contribution in [0.2, 0.25) is 0 Å². The van der Waals surface area contributed by atoms with Crippen molar-refractivity contribution in [3.63, 3.8) is 0 Å². The van der Waals surface area contributed by atoms with Crippen LogP contribution in [-0.4, -0.2) is 14.9 Å². The molecule has 1 aromatic heterocycles. The van der Waals surface area contributed by atoms with Gasteiger partial charge in [-0.2, -0.15) is 5.10 Å². The normalized spacial score (nSPS) is 12.0. The fourth-order valence-corrected chi connectivity index (χ4v) is 2.26. The summed E-state index contributed by atoms with van der Waals surface area (Å²) in [4.78, 5) is 0. The molecule has 2 aromatic carbocycles. The van der Waals surface area contributed by atoms with Gasteiger partial charge in [0.25, 0.3) is 0 Å². The van der Waals surface area contributed by atoms with Gasteiger partial charge in [0.2, 0.25) is 0 Å². The van der Waals surface area contributed by atoms with Crippen LogP contribution in [0, 0.1) is 0 Å². The molecule has 0 aliphatic carbocycles. The summed E-state index contributed by atoms with van der Waals surface area (Å²) in [6.07, 6.45) is 3.67. The Hall–Kier alpha value is -2.75. The molecule has 0 spiro atoms. The molecule has 1 atom stereocenters. The first-order chi connectivity index (χ1) is 10.2. The van der Waals surface area contributed by atoms with E-state index in [9.17, 15) is 5.11 Å². The molecule has 0 saturated heterocycles. The maximum absolute atomic E-state index is 9.53. The summed E-state index contributed by atoms with van der Waals surface area (Å²) in [5.41, 5.74) is 3.10. The molecule has 106 valence electrons. The van der Waals surface area contributed by atoms with Gasteiger partial charge in [0.15, 0.2) is 0 Å². The number of phenolic OH excluding ortho intramolecular Hbond substituents is 1. The Morgan fingerprint density at radius 3 is 2.57 bits per heavy atom. The van der Waals surface area contributed by atoms with E-state index in [4.69, 9.17) is 0 Å². The molecule has 3 aromatic rings. The highest BCUT2D eigenvalue weighted by Crippen LogP contribution is 2.22. The summed E-state index contributed by atoms with van der Waals surface area (Å²) in [7, 11) is 0. The Morgan fingerprint density at radius 1 is 1.10 bits per heavy atom. The number of anilines is 1. The van der Waals surface area contributed by atoms with E-state index in [-0.39, 0.29) is 11.8 Å². The number of aromatic hydroxyl groups is 1. The first-order valence-corrected chi connectivity index (χ1v) is 6.88. The monoisotopic (exact) mass is 279 g/mol. The molecule has 0 saturated carbocycles. The van der Waals surface area contributed by atoms with Gasteiger partial charge >= 0.3 is 0 Å². The van der Waals surface area contributed by atoms with E-state index in [1.165, 1.54) is 0 Å². The zero-order valence-corrected chi connectivity index (χ0v) is 11.8. The standard InChI is InChI=1S/C17H17N3O/c1-13(14-4-2-5-17(21)12-14)19-15-6-8-16(9-7-15)20-11-3-10-18-20/h2-13,19,21H,1H3. The van der Waals surface area contributed by atoms with E-state index in [2.05, 4.69) is 17.3 Å². The van der Waals surface area contributed by atoms with Gasteiger partial charge in [-0.25, -0.2) is 4.68 Å². The van der Waals surface area contributed by atoms with Crippen LogP contribution in [0.1, 0.15) is 18.5 Å². The number of hydrogen-bond donors (Lipinski definition) is 2. The van der Waals surface area contributed by atoms with E-state index in [0.29, 0.717) is 0 Å². The topological polar surface area (TPSA) is 50.1 Å². The average molecular weight is 279 g/mol. The molecule has 1 unspecified atom stereocenters. The van der Waals surface area contributed by atoms with Crippen LogP contribution in [0.15, 0.2) is 67.0 Å². The van der Waals surface area contributed by atoms with Gasteiger partial charge in [0.05, 0.1) is 5.69 Å². The van der Waals surface area contributed by atoms with Gasteiger partial charge in [0, 0.05) is 24.1 Å². The minimum atomic E-state index is 0.118. The molecule has 3 rings (SSSR count). The first kappa shape index (κ1) is 13.2. The predicted octanol–water partition coefficient (Wildman–Crippen LogP) is 3.75. The lowest BCUT2D eigenvalue weighted by molar-refractivity contribution is 0.474. The molecular weight excluding hydrogens is 262 g/mol. The summed E-state index contributed by atoms with van der Waals surface area (Å²) < 4.78 is 1.82. The number of aromatic nitrogens is 2. The van der Waals surface area contributed by atoms with Crippen LogP contribution in [0.3, 0.4) is 0 Å². The number of nitrogens with one attached hydrogen (secondary N) is 1. The second kappa shape index (κ2) is 5.71. The SMILES string of the molecule is CC(Nc1ccc(-n2cccn2)cc1)c1cccc(O)c1. The van der Waals surface area contributed by atoms with Crippen LogP contribution < -0.4 is 5.32 Å². The Morgan fingerprint density at radius 2 is 1.90 bits per heavy atom. The fraction of sp³-hybridized carbons (Fsp3) is 0.118. The van der Waals surface area contributed by atoms with Crippen molar-refractivity contribution < 1.29 is 5.11 Å². The average Bonchev–Trinajstić information content (AvgIpc) is 3.02. The third-order valence-corrected chi connectivity index (χ3v) is 3.39. The van der Waals surface area contributed by atoms with Gasteiger partial charge in [-0.1, -0.05) is 12.1 Å². The maximum atomic E-state index is 9.53. The Bertz CT molecular complexity index is 705. The predicted molar refractivity (Wildman–Crippen MR) is 83.7 cm³/mol. The van der Waals surface area contributed by atoms with Crippen molar-refractivity contribution in [2.45, 2.75) is 13.0 Å². The van der Waals surface area contributed by atoms with Crippen molar-refractivity contribution in [1.29, 1.82) is 0 Å². The largest absolute Gasteiger partial charge is 0.508 e. The third kappa shape index (κ3) is 3.05. The van der Waals surface area contributed by atoms with Crippen molar-refractivity contribution in [1.82, 2.24) is 9.78 Å². The molecule has 0 radical (unpaired) electrons.